The summed E-state index contributed by atoms with van der Waals surface area (Å²) in [7, 11) is 3.38. The van der Waals surface area contributed by atoms with Gasteiger partial charge in [0.1, 0.15) is 0 Å². The Labute approximate surface area is 133 Å². The number of nitrogens with two attached hydrogens (primary N) is 1. The molecule has 0 heterocycles. The lowest BCUT2D eigenvalue weighted by molar-refractivity contribution is 0.0828. The topological polar surface area (TPSA) is 58.4 Å². The number of halogens is 2. The van der Waals surface area contributed by atoms with Gasteiger partial charge >= 0.3 is 0 Å². The number of nitrogens with zero attached hydrogens (tertiary/aromatic N) is 1. The zero-order valence-corrected chi connectivity index (χ0v) is 13.2. The van der Waals surface area contributed by atoms with Crippen LogP contribution in [0.15, 0.2) is 36.4 Å². The average Bonchev–Trinajstić information content (AvgIpc) is 2.42. The number of amides is 1. The summed E-state index contributed by atoms with van der Waals surface area (Å²) >= 11 is 12.1. The molecule has 2 rings (SSSR count). The number of hydrogen-bond acceptors (Lipinski definition) is 3. The third-order valence-corrected chi connectivity index (χ3v) is 3.44. The molecule has 0 fully saturated rings. The molecule has 6 heteroatoms. The number of rotatable bonds is 3. The van der Waals surface area contributed by atoms with Crippen LogP contribution in [0.4, 0.5) is 17.1 Å². The van der Waals surface area contributed by atoms with Crippen molar-refractivity contribution in [2.24, 2.45) is 0 Å². The van der Waals surface area contributed by atoms with Crippen molar-refractivity contribution in [3.8, 4) is 0 Å². The van der Waals surface area contributed by atoms with E-state index >= 15 is 0 Å². The van der Waals surface area contributed by atoms with Gasteiger partial charge in [-0.25, -0.2) is 0 Å². The molecule has 0 saturated carbocycles. The molecule has 1 amide bonds. The van der Waals surface area contributed by atoms with Gasteiger partial charge in [-0.3, -0.25) is 4.79 Å². The quantitative estimate of drug-likeness (QED) is 0.838. The van der Waals surface area contributed by atoms with Crippen LogP contribution in [-0.2, 0) is 0 Å². The van der Waals surface area contributed by atoms with Crippen molar-refractivity contribution in [1.29, 1.82) is 0 Å². The largest absolute Gasteiger partial charge is 0.399 e. The summed E-state index contributed by atoms with van der Waals surface area (Å²) < 4.78 is 0. The Balaban J connectivity index is 2.45. The summed E-state index contributed by atoms with van der Waals surface area (Å²) in [6.07, 6.45) is 0. The van der Waals surface area contributed by atoms with Crippen molar-refractivity contribution in [2.45, 2.75) is 0 Å². The minimum absolute atomic E-state index is 0.129. The van der Waals surface area contributed by atoms with Gasteiger partial charge in [0.15, 0.2) is 0 Å². The molecule has 0 saturated heterocycles. The minimum atomic E-state index is -0.129. The maximum absolute atomic E-state index is 12.2. The van der Waals surface area contributed by atoms with Gasteiger partial charge in [-0.1, -0.05) is 23.2 Å². The lowest BCUT2D eigenvalue weighted by atomic mass is 10.1. The van der Waals surface area contributed by atoms with E-state index in [-0.39, 0.29) is 5.91 Å². The molecule has 0 radical (unpaired) electrons. The molecule has 3 N–H and O–H groups in total. The van der Waals surface area contributed by atoms with E-state index in [2.05, 4.69) is 5.32 Å². The molecule has 0 bridgehead atoms. The van der Waals surface area contributed by atoms with Crippen LogP contribution in [0.1, 0.15) is 10.4 Å². The molecule has 2 aromatic carbocycles. The second-order valence-electron chi connectivity index (χ2n) is 4.75. The standard InChI is InChI=1S/C15H15Cl2N3O/c1-20(2)15(21)11-5-4-10(18)8-13(11)19-14-7-9(16)3-6-12(14)17/h3-8,19H,18H2,1-2H3. The summed E-state index contributed by atoms with van der Waals surface area (Å²) in [5.74, 6) is -0.129. The van der Waals surface area contributed by atoms with Gasteiger partial charge in [-0.05, 0) is 36.4 Å². The molecule has 110 valence electrons. The third-order valence-electron chi connectivity index (χ3n) is 2.88. The molecule has 2 aromatic rings. The van der Waals surface area contributed by atoms with E-state index in [0.717, 1.165) is 0 Å². The number of nitrogens with one attached hydrogen (secondary N) is 1. The number of hydrogen-bond donors (Lipinski definition) is 2. The average molecular weight is 324 g/mol. The lowest BCUT2D eigenvalue weighted by Gasteiger charge is -2.16. The van der Waals surface area contributed by atoms with E-state index in [9.17, 15) is 4.79 Å². The van der Waals surface area contributed by atoms with Gasteiger partial charge in [0.2, 0.25) is 0 Å². The van der Waals surface area contributed by atoms with Crippen LogP contribution < -0.4 is 11.1 Å². The smallest absolute Gasteiger partial charge is 0.255 e. The molecule has 0 unspecified atom stereocenters. The highest BCUT2D eigenvalue weighted by Crippen LogP contribution is 2.31. The molecule has 0 aliphatic rings. The van der Waals surface area contributed by atoms with Crippen molar-refractivity contribution in [1.82, 2.24) is 4.90 Å². The summed E-state index contributed by atoms with van der Waals surface area (Å²) in [5, 5.41) is 4.17. The van der Waals surface area contributed by atoms with Crippen molar-refractivity contribution in [3.63, 3.8) is 0 Å². The minimum Gasteiger partial charge on any atom is -0.399 e. The number of carbonyl (C=O) groups excluding carboxylic acids is 1. The van der Waals surface area contributed by atoms with Crippen LogP contribution in [0.5, 0.6) is 0 Å². The predicted molar refractivity (Wildman–Crippen MR) is 88.6 cm³/mol. The van der Waals surface area contributed by atoms with Crippen LogP contribution in [0, 0.1) is 0 Å². The highest BCUT2D eigenvalue weighted by molar-refractivity contribution is 6.35. The van der Waals surface area contributed by atoms with E-state index in [1.807, 2.05) is 0 Å². The normalized spacial score (nSPS) is 10.3. The fraction of sp³-hybridized carbons (Fsp3) is 0.133. The molecular formula is C15H15Cl2N3O. The number of anilines is 3. The van der Waals surface area contributed by atoms with E-state index in [1.54, 1.807) is 50.5 Å². The first kappa shape index (κ1) is 15.5. The Morgan fingerprint density at radius 3 is 2.48 bits per heavy atom. The number of carbonyl (C=O) groups is 1. The van der Waals surface area contributed by atoms with Gasteiger partial charge in [0, 0.05) is 24.8 Å². The lowest BCUT2D eigenvalue weighted by Crippen LogP contribution is -2.22. The fourth-order valence-corrected chi connectivity index (χ4v) is 2.17. The Morgan fingerprint density at radius 1 is 1.10 bits per heavy atom. The van der Waals surface area contributed by atoms with E-state index < -0.39 is 0 Å². The summed E-state index contributed by atoms with van der Waals surface area (Å²) in [6, 6.07) is 10.1. The Morgan fingerprint density at radius 2 is 1.81 bits per heavy atom. The maximum atomic E-state index is 12.2. The Kier molecular flexibility index (Phi) is 4.60. The zero-order valence-electron chi connectivity index (χ0n) is 11.7. The molecule has 4 nitrogen and oxygen atoms in total. The SMILES string of the molecule is CN(C)C(=O)c1ccc(N)cc1Nc1cc(Cl)ccc1Cl. The van der Waals surface area contributed by atoms with Crippen LogP contribution >= 0.6 is 23.2 Å². The monoisotopic (exact) mass is 323 g/mol. The van der Waals surface area contributed by atoms with E-state index in [4.69, 9.17) is 28.9 Å². The predicted octanol–water partition coefficient (Wildman–Crippen LogP) is 4.02. The van der Waals surface area contributed by atoms with Crippen LogP contribution in [0.3, 0.4) is 0 Å². The molecule has 0 aliphatic heterocycles. The second kappa shape index (κ2) is 6.24. The summed E-state index contributed by atoms with van der Waals surface area (Å²) in [6.45, 7) is 0. The van der Waals surface area contributed by atoms with Crippen LogP contribution in [0.2, 0.25) is 10.0 Å². The van der Waals surface area contributed by atoms with Gasteiger partial charge in [0.25, 0.3) is 5.91 Å². The van der Waals surface area contributed by atoms with Crippen LogP contribution in [-0.4, -0.2) is 24.9 Å². The van der Waals surface area contributed by atoms with Crippen molar-refractivity contribution >= 4 is 46.2 Å². The first-order valence-corrected chi connectivity index (χ1v) is 6.97. The zero-order chi connectivity index (χ0) is 15.6. The maximum Gasteiger partial charge on any atom is 0.255 e. The molecule has 0 aromatic heterocycles. The van der Waals surface area contributed by atoms with Gasteiger partial charge in [-0.15, -0.1) is 0 Å². The van der Waals surface area contributed by atoms with Crippen LogP contribution in [0.25, 0.3) is 0 Å². The van der Waals surface area contributed by atoms with Crippen molar-refractivity contribution in [3.05, 3.63) is 52.0 Å². The second-order valence-corrected chi connectivity index (χ2v) is 5.60. The molecule has 0 spiro atoms. The highest BCUT2D eigenvalue weighted by Gasteiger charge is 2.14. The van der Waals surface area contributed by atoms with Gasteiger partial charge < -0.3 is 16.0 Å². The van der Waals surface area contributed by atoms with Gasteiger partial charge in [0.05, 0.1) is 22.0 Å². The molecular weight excluding hydrogens is 309 g/mol. The summed E-state index contributed by atoms with van der Waals surface area (Å²) in [5.41, 5.74) is 8.05. The fourth-order valence-electron chi connectivity index (χ4n) is 1.83. The van der Waals surface area contributed by atoms with Crippen molar-refractivity contribution < 1.29 is 4.79 Å². The number of nitrogen functional groups attached to an aromatic ring is 1. The molecule has 0 aliphatic carbocycles. The first-order valence-electron chi connectivity index (χ1n) is 6.21. The summed E-state index contributed by atoms with van der Waals surface area (Å²) in [4.78, 5) is 13.7. The molecule has 21 heavy (non-hydrogen) atoms. The van der Waals surface area contributed by atoms with Crippen molar-refractivity contribution in [2.75, 3.05) is 25.1 Å². The Bertz CT molecular complexity index is 687. The third kappa shape index (κ3) is 3.60. The Hall–Kier alpha value is -1.91. The van der Waals surface area contributed by atoms with E-state index in [1.165, 1.54) is 4.90 Å². The van der Waals surface area contributed by atoms with E-state index in [0.29, 0.717) is 32.7 Å². The van der Waals surface area contributed by atoms with Gasteiger partial charge in [-0.2, -0.15) is 0 Å². The number of benzene rings is 2. The first-order chi connectivity index (χ1) is 9.88. The molecule has 0 atom stereocenters. The highest BCUT2D eigenvalue weighted by atomic mass is 35.5.